The lowest BCUT2D eigenvalue weighted by molar-refractivity contribution is -0.409. The Morgan fingerprint density at radius 2 is 0.461 bits per heavy atom. The largest absolute Gasteiger partial charge is 0.394 e. The molecule has 8 rings (SSSR count). The van der Waals surface area contributed by atoms with Crippen molar-refractivity contribution in [2.24, 2.45) is 0 Å². The topological polar surface area (TPSA) is 664 Å². The summed E-state index contributed by atoms with van der Waals surface area (Å²) in [5.74, 6) is -20.2. The molecule has 26 N–H and O–H groups in total. The molecule has 0 amide bonds. The average Bonchev–Trinajstić information content (AvgIpc) is 1.70. The molecule has 0 spiro atoms. The summed E-state index contributed by atoms with van der Waals surface area (Å²) in [6.45, 7) is -18.0. The lowest BCUT2D eigenvalue weighted by Gasteiger charge is -2.45. The van der Waals surface area contributed by atoms with Crippen LogP contribution in [0.3, 0.4) is 0 Å². The van der Waals surface area contributed by atoms with E-state index in [0.717, 1.165) is 0 Å². The maximum absolute atomic E-state index is 11.8. The Morgan fingerprint density at radius 1 is 0.236 bits per heavy atom. The van der Waals surface area contributed by atoms with Gasteiger partial charge >= 0.3 is 0 Å². The first-order chi connectivity index (χ1) is 42.0. The summed E-state index contributed by atoms with van der Waals surface area (Å²) in [5, 5.41) is 281. The predicted octanol–water partition coefficient (Wildman–Crippen LogP) is -18.4. The quantitative estimate of drug-likeness (QED) is 0.0331. The van der Waals surface area contributed by atoms with E-state index in [1.54, 1.807) is 0 Å². The highest BCUT2D eigenvalue weighted by molar-refractivity contribution is 5.07. The van der Waals surface area contributed by atoms with E-state index in [4.69, 9.17) is 71.1 Å². The molecule has 0 aromatic carbocycles. The molecule has 0 bridgehead atoms. The zero-order chi connectivity index (χ0) is 65.7. The lowest BCUT2D eigenvalue weighted by Crippen LogP contribution is -2.64. The SMILES string of the molecule is OC[C@H]1O[C@@](CO)(OC[C@H]2O[C@H](O[C@]3(CO[C@]4(CO[C@]5(CO[C@]6(CO[C@]7(CO[C@]8(CO)O[C@H](CO)[C@@H](O)[C@@H]8O)O[C@H](CO)[C@@H](O)[C@@H]7O)O[C@H](CO)[C@@H](O)[C@@H]6O)O[C@H](CO)[C@@H](O)[C@@H]5O)O[C@H](CO)[C@@H](O)[C@@H]4O)O[C@H](CO)[C@@H](O)[C@@H]3O)[C@H](O)[C@@H](O)[C@@H]2O)[C@@H](O)[C@@H]1O. The standard InChI is InChI=1S/C48H82O41/c49-1-16-25(59)34(68)42(9-56,82-16)75-8-23-24(58)32(66)33(67)41(81-23)89-48(40(74)31(65)22(7-55)88-48)15-80-47(39(73)30(64)21(6-54)87-47)14-79-46(38(72)29(63)20(5-53)86-46)13-78-45(37(71)28(62)19(4-52)85-45)12-77-44(36(70)27(61)18(3-51)84-44)11-76-43(10-57)35(69)26(60)17(2-50)83-43/h16-41,49-74H,1-15H2/t16-,17-,18-,19-,20-,21-,22-,23-,24-,25-,26-,27-,28-,29-,30-,31-,32+,33-,34+,35+,36+,37+,38+,39+,40+,41-,42-,43-,44-,45-,46-,47-,48+/m1/s1. The van der Waals surface area contributed by atoms with Crippen LogP contribution in [0, 0.1) is 0 Å². The monoisotopic (exact) mass is 1310 g/mol. The van der Waals surface area contributed by atoms with Crippen molar-refractivity contribution in [3.63, 3.8) is 0 Å². The van der Waals surface area contributed by atoms with Gasteiger partial charge in [0.05, 0.1) is 52.9 Å². The van der Waals surface area contributed by atoms with E-state index in [0.29, 0.717) is 0 Å². The smallest absolute Gasteiger partial charge is 0.224 e. The van der Waals surface area contributed by atoms with Gasteiger partial charge in [-0.3, -0.25) is 0 Å². The Kier molecular flexibility index (Phi) is 23.5. The third-order valence-corrected chi connectivity index (χ3v) is 17.3. The molecular formula is C48H82O41. The van der Waals surface area contributed by atoms with Crippen LogP contribution in [0.15, 0.2) is 0 Å². The van der Waals surface area contributed by atoms with Crippen molar-refractivity contribution in [1.82, 2.24) is 0 Å². The summed E-state index contributed by atoms with van der Waals surface area (Å²) in [5.41, 5.74) is 0. The number of aliphatic hydroxyl groups excluding tert-OH is 26. The van der Waals surface area contributed by atoms with Gasteiger partial charge in [0.1, 0.15) is 199 Å². The molecule has 0 unspecified atom stereocenters. The van der Waals surface area contributed by atoms with Gasteiger partial charge in [-0.05, 0) is 0 Å². The van der Waals surface area contributed by atoms with E-state index in [-0.39, 0.29) is 0 Å². The molecule has 0 aromatic heterocycles. The van der Waals surface area contributed by atoms with Gasteiger partial charge in [0.25, 0.3) is 0 Å². The van der Waals surface area contributed by atoms with Crippen LogP contribution >= 0.6 is 0 Å². The summed E-state index contributed by atoms with van der Waals surface area (Å²) in [6.07, 6.45) is -54.4. The number of rotatable bonds is 29. The summed E-state index contributed by atoms with van der Waals surface area (Å²) >= 11 is 0. The van der Waals surface area contributed by atoms with Crippen molar-refractivity contribution < 1.29 is 204 Å². The molecule has 8 saturated heterocycles. The molecule has 0 radical (unpaired) electrons. The zero-order valence-electron chi connectivity index (χ0n) is 46.9. The van der Waals surface area contributed by atoms with Crippen LogP contribution < -0.4 is 0 Å². The first-order valence-electron chi connectivity index (χ1n) is 27.9. The van der Waals surface area contributed by atoms with E-state index in [1.165, 1.54) is 0 Å². The number of hydrogen-bond donors (Lipinski definition) is 26. The molecule has 89 heavy (non-hydrogen) atoms. The maximum Gasteiger partial charge on any atom is 0.224 e. The molecule has 0 aliphatic carbocycles. The third-order valence-electron chi connectivity index (χ3n) is 17.3. The van der Waals surface area contributed by atoms with Crippen molar-refractivity contribution in [3.8, 4) is 0 Å². The van der Waals surface area contributed by atoms with Crippen molar-refractivity contribution in [1.29, 1.82) is 0 Å². The van der Waals surface area contributed by atoms with E-state index >= 15 is 0 Å². The molecule has 0 aromatic rings. The summed E-state index contributed by atoms with van der Waals surface area (Å²) in [6, 6.07) is 0. The molecule has 8 heterocycles. The molecule has 8 fully saturated rings. The summed E-state index contributed by atoms with van der Waals surface area (Å²) in [4.78, 5) is 0. The maximum atomic E-state index is 11.8. The van der Waals surface area contributed by atoms with Crippen LogP contribution in [0.4, 0.5) is 0 Å². The molecule has 520 valence electrons. The minimum atomic E-state index is -3.08. The van der Waals surface area contributed by atoms with Gasteiger partial charge in [0.2, 0.25) is 40.5 Å². The minimum Gasteiger partial charge on any atom is -0.394 e. The second-order valence-electron chi connectivity index (χ2n) is 22.8. The van der Waals surface area contributed by atoms with Gasteiger partial charge in [-0.15, -0.1) is 0 Å². The fourth-order valence-corrected chi connectivity index (χ4v) is 11.7. The van der Waals surface area contributed by atoms with Crippen molar-refractivity contribution >= 4 is 0 Å². The highest BCUT2D eigenvalue weighted by Crippen LogP contribution is 2.46. The van der Waals surface area contributed by atoms with E-state index in [9.17, 15) is 133 Å². The Bertz CT molecular complexity index is 2260. The van der Waals surface area contributed by atoms with Gasteiger partial charge in [0.15, 0.2) is 6.29 Å². The van der Waals surface area contributed by atoms with Gasteiger partial charge in [-0.25, -0.2) is 0 Å². The Hall–Kier alpha value is -1.64. The van der Waals surface area contributed by atoms with Crippen LogP contribution in [0.5, 0.6) is 0 Å². The fraction of sp³-hybridized carbons (Fsp3) is 1.00. The summed E-state index contributed by atoms with van der Waals surface area (Å²) in [7, 11) is 0. The molecule has 41 nitrogen and oxygen atoms in total. The fourth-order valence-electron chi connectivity index (χ4n) is 11.7. The first-order valence-corrected chi connectivity index (χ1v) is 27.9. The number of hydrogen-bond acceptors (Lipinski definition) is 41. The predicted molar refractivity (Wildman–Crippen MR) is 265 cm³/mol. The van der Waals surface area contributed by atoms with E-state index < -0.39 is 299 Å². The lowest BCUT2D eigenvalue weighted by atomic mass is 9.98. The second-order valence-corrected chi connectivity index (χ2v) is 22.8. The Morgan fingerprint density at radius 3 is 0.730 bits per heavy atom. The van der Waals surface area contributed by atoms with Crippen LogP contribution in [0.1, 0.15) is 0 Å². The zero-order valence-corrected chi connectivity index (χ0v) is 46.9. The summed E-state index contributed by atoms with van der Waals surface area (Å²) < 4.78 is 86.4. The normalized spacial score (nSPS) is 52.7. The highest BCUT2D eigenvalue weighted by Gasteiger charge is 2.68. The van der Waals surface area contributed by atoms with Crippen LogP contribution in [0.2, 0.25) is 0 Å². The van der Waals surface area contributed by atoms with E-state index in [1.807, 2.05) is 0 Å². The van der Waals surface area contributed by atoms with Crippen molar-refractivity contribution in [3.05, 3.63) is 0 Å². The van der Waals surface area contributed by atoms with E-state index in [2.05, 4.69) is 0 Å². The Balaban J connectivity index is 1.09. The number of ether oxygens (including phenoxy) is 15. The highest BCUT2D eigenvalue weighted by atomic mass is 16.9. The number of aliphatic hydroxyl groups is 26. The van der Waals surface area contributed by atoms with Crippen LogP contribution in [-0.4, -0.2) is 431 Å². The second kappa shape index (κ2) is 28.6. The third kappa shape index (κ3) is 13.0. The van der Waals surface area contributed by atoms with Gasteiger partial charge in [-0.1, -0.05) is 0 Å². The van der Waals surface area contributed by atoms with Gasteiger partial charge < -0.3 is 204 Å². The van der Waals surface area contributed by atoms with Crippen molar-refractivity contribution in [2.45, 2.75) is 199 Å². The van der Waals surface area contributed by atoms with Gasteiger partial charge in [0, 0.05) is 0 Å². The van der Waals surface area contributed by atoms with Gasteiger partial charge in [-0.2, -0.15) is 0 Å². The minimum absolute atomic E-state index is 0.880. The molecule has 41 heteroatoms. The molecular weight excluding hydrogens is 1230 g/mol. The Labute approximate surface area is 501 Å². The van der Waals surface area contributed by atoms with Crippen molar-refractivity contribution in [2.75, 3.05) is 99.1 Å². The molecule has 8 aliphatic heterocycles. The molecule has 33 atom stereocenters. The first kappa shape index (κ1) is 73.2. The average molecular weight is 1320 g/mol. The van der Waals surface area contributed by atoms with Crippen LogP contribution in [0.25, 0.3) is 0 Å². The molecule has 0 saturated carbocycles. The molecule has 8 aliphatic rings. The van der Waals surface area contributed by atoms with Crippen LogP contribution in [-0.2, 0) is 71.1 Å².